The van der Waals surface area contributed by atoms with Gasteiger partial charge < -0.3 is 10.3 Å². The smallest absolute Gasteiger partial charge is 0.266 e. The van der Waals surface area contributed by atoms with Crippen molar-refractivity contribution in [2.45, 2.75) is 0 Å². The number of halogens is 1. The minimum atomic E-state index is -0.830. The van der Waals surface area contributed by atoms with Gasteiger partial charge >= 0.3 is 0 Å². The highest BCUT2D eigenvalue weighted by molar-refractivity contribution is 14.1. The molecular weight excluding hydrogens is 317 g/mol. The van der Waals surface area contributed by atoms with E-state index in [0.717, 1.165) is 0 Å². The van der Waals surface area contributed by atoms with Gasteiger partial charge in [0.15, 0.2) is 0 Å². The highest BCUT2D eigenvalue weighted by Gasteiger charge is 2.03. The molecule has 0 radical (unpaired) electrons. The Morgan fingerprint density at radius 2 is 2.43 bits per heavy atom. The predicted molar refractivity (Wildman–Crippen MR) is 65.0 cm³/mol. The summed E-state index contributed by atoms with van der Waals surface area (Å²) in [6, 6.07) is 0. The second-order valence-electron chi connectivity index (χ2n) is 2.60. The van der Waals surface area contributed by atoms with E-state index in [1.165, 1.54) is 6.33 Å². The van der Waals surface area contributed by atoms with Crippen molar-refractivity contribution < 1.29 is 4.21 Å². The summed E-state index contributed by atoms with van der Waals surface area (Å²) in [7, 11) is -0.830. The summed E-state index contributed by atoms with van der Waals surface area (Å²) < 4.78 is 11.3. The van der Waals surface area contributed by atoms with Crippen LogP contribution in [-0.4, -0.2) is 32.7 Å². The van der Waals surface area contributed by atoms with Crippen LogP contribution in [0.3, 0.4) is 0 Å². The van der Waals surface area contributed by atoms with Crippen molar-refractivity contribution >= 4 is 39.2 Å². The van der Waals surface area contributed by atoms with Gasteiger partial charge in [0, 0.05) is 29.4 Å². The van der Waals surface area contributed by atoms with Crippen LogP contribution in [-0.2, 0) is 10.8 Å². The molecular formula is C7H10IN3O2S. The molecule has 0 aliphatic heterocycles. The highest BCUT2D eigenvalue weighted by Crippen LogP contribution is 2.07. The largest absolute Gasteiger partial charge is 0.368 e. The van der Waals surface area contributed by atoms with E-state index in [4.69, 9.17) is 0 Å². The first-order chi connectivity index (χ1) is 6.61. The van der Waals surface area contributed by atoms with Crippen LogP contribution in [0, 0.1) is 3.57 Å². The molecule has 0 fully saturated rings. The molecule has 78 valence electrons. The molecule has 0 saturated carbocycles. The van der Waals surface area contributed by atoms with Crippen LogP contribution in [0.15, 0.2) is 11.1 Å². The summed E-state index contributed by atoms with van der Waals surface area (Å²) in [5.41, 5.74) is -0.166. The van der Waals surface area contributed by atoms with Crippen molar-refractivity contribution in [3.05, 3.63) is 20.3 Å². The Labute approximate surface area is 97.3 Å². The Morgan fingerprint density at radius 1 is 1.71 bits per heavy atom. The fraction of sp³-hybridized carbons (Fsp3) is 0.429. The lowest BCUT2D eigenvalue weighted by molar-refractivity contribution is 0.687. The molecule has 1 unspecified atom stereocenters. The highest BCUT2D eigenvalue weighted by atomic mass is 127. The maximum atomic E-state index is 11.1. The summed E-state index contributed by atoms with van der Waals surface area (Å²) in [4.78, 5) is 17.6. The quantitative estimate of drug-likeness (QED) is 0.773. The Morgan fingerprint density at radius 3 is 3.07 bits per heavy atom. The molecule has 14 heavy (non-hydrogen) atoms. The van der Waals surface area contributed by atoms with Crippen LogP contribution in [0.25, 0.3) is 0 Å². The lowest BCUT2D eigenvalue weighted by Crippen LogP contribution is -2.17. The summed E-state index contributed by atoms with van der Waals surface area (Å²) in [5, 5.41) is 2.95. The molecule has 0 aromatic carbocycles. The molecule has 1 atom stereocenters. The second kappa shape index (κ2) is 5.44. The molecule has 7 heteroatoms. The molecule has 5 nitrogen and oxygen atoms in total. The predicted octanol–water partition coefficient (Wildman–Crippen LogP) is 0.165. The topological polar surface area (TPSA) is 74.8 Å². The number of rotatable bonds is 4. The van der Waals surface area contributed by atoms with Crippen LogP contribution in [0.4, 0.5) is 5.82 Å². The Balaban J connectivity index is 2.63. The molecule has 0 amide bonds. The normalized spacial score (nSPS) is 12.4. The van der Waals surface area contributed by atoms with Gasteiger partial charge in [-0.3, -0.25) is 9.00 Å². The van der Waals surface area contributed by atoms with Gasteiger partial charge in [-0.2, -0.15) is 0 Å². The molecule has 0 aliphatic rings. The molecule has 1 aromatic heterocycles. The van der Waals surface area contributed by atoms with Crippen LogP contribution in [0.1, 0.15) is 0 Å². The van der Waals surface area contributed by atoms with Gasteiger partial charge in [0.2, 0.25) is 0 Å². The number of hydrogen-bond donors (Lipinski definition) is 2. The van der Waals surface area contributed by atoms with E-state index >= 15 is 0 Å². The van der Waals surface area contributed by atoms with E-state index < -0.39 is 10.8 Å². The number of nitrogens with zero attached hydrogens (tertiary/aromatic N) is 1. The maximum Gasteiger partial charge on any atom is 0.266 e. The molecule has 1 aromatic rings. The van der Waals surface area contributed by atoms with E-state index in [-0.39, 0.29) is 5.56 Å². The van der Waals surface area contributed by atoms with Crippen LogP contribution >= 0.6 is 22.6 Å². The minimum absolute atomic E-state index is 0.166. The van der Waals surface area contributed by atoms with Gasteiger partial charge in [-0.05, 0) is 22.6 Å². The summed E-state index contributed by atoms with van der Waals surface area (Å²) in [5.74, 6) is 1.09. The minimum Gasteiger partial charge on any atom is -0.368 e. The summed E-state index contributed by atoms with van der Waals surface area (Å²) in [6.45, 7) is 0.551. The first kappa shape index (κ1) is 11.6. The van der Waals surface area contributed by atoms with Gasteiger partial charge in [0.1, 0.15) is 9.39 Å². The number of anilines is 1. The van der Waals surface area contributed by atoms with Crippen LogP contribution in [0.2, 0.25) is 0 Å². The molecule has 1 rings (SSSR count). The van der Waals surface area contributed by atoms with E-state index in [9.17, 15) is 9.00 Å². The third-order valence-electron chi connectivity index (χ3n) is 1.48. The number of aromatic nitrogens is 2. The molecule has 0 saturated heterocycles. The molecule has 0 spiro atoms. The molecule has 0 bridgehead atoms. The van der Waals surface area contributed by atoms with Crippen molar-refractivity contribution in [1.82, 2.24) is 9.97 Å². The standard InChI is InChI=1S/C7H10IN3O2S/c1-14(13)3-2-9-6-5(8)7(12)11-4-10-6/h4H,2-3H2,1H3,(H2,9,10,11,12). The number of aromatic amines is 1. The molecule has 1 heterocycles. The van der Waals surface area contributed by atoms with Gasteiger partial charge in [-0.15, -0.1) is 0 Å². The fourth-order valence-electron chi connectivity index (χ4n) is 0.819. The number of H-pyrrole nitrogens is 1. The van der Waals surface area contributed by atoms with Crippen LogP contribution in [0.5, 0.6) is 0 Å². The van der Waals surface area contributed by atoms with Gasteiger partial charge in [-0.1, -0.05) is 0 Å². The number of hydrogen-bond acceptors (Lipinski definition) is 4. The molecule has 2 N–H and O–H groups in total. The lowest BCUT2D eigenvalue weighted by Gasteiger charge is -2.04. The van der Waals surface area contributed by atoms with Gasteiger partial charge in [-0.25, -0.2) is 4.98 Å². The first-order valence-corrected chi connectivity index (χ1v) is 6.69. The monoisotopic (exact) mass is 327 g/mol. The van der Waals surface area contributed by atoms with Gasteiger partial charge in [0.25, 0.3) is 5.56 Å². The van der Waals surface area contributed by atoms with Crippen molar-refractivity contribution in [1.29, 1.82) is 0 Å². The maximum absolute atomic E-state index is 11.1. The fourth-order valence-corrected chi connectivity index (χ4v) is 1.69. The zero-order chi connectivity index (χ0) is 10.6. The first-order valence-electron chi connectivity index (χ1n) is 3.88. The zero-order valence-corrected chi connectivity index (χ0v) is 10.5. The Kier molecular flexibility index (Phi) is 4.52. The Hall–Kier alpha value is -0.440. The zero-order valence-electron chi connectivity index (χ0n) is 7.54. The van der Waals surface area contributed by atoms with E-state index in [2.05, 4.69) is 15.3 Å². The van der Waals surface area contributed by atoms with Crippen molar-refractivity contribution in [2.24, 2.45) is 0 Å². The summed E-state index contributed by atoms with van der Waals surface area (Å²) >= 11 is 1.92. The summed E-state index contributed by atoms with van der Waals surface area (Å²) in [6.07, 6.45) is 2.98. The average molecular weight is 327 g/mol. The molecule has 0 aliphatic carbocycles. The second-order valence-corrected chi connectivity index (χ2v) is 5.23. The average Bonchev–Trinajstić information content (AvgIpc) is 2.12. The lowest BCUT2D eigenvalue weighted by atomic mass is 10.5. The van der Waals surface area contributed by atoms with E-state index in [0.29, 0.717) is 21.7 Å². The number of nitrogens with one attached hydrogen (secondary N) is 2. The van der Waals surface area contributed by atoms with Crippen molar-refractivity contribution in [3.63, 3.8) is 0 Å². The third-order valence-corrected chi connectivity index (χ3v) is 3.26. The van der Waals surface area contributed by atoms with Crippen molar-refractivity contribution in [3.8, 4) is 0 Å². The van der Waals surface area contributed by atoms with E-state index in [1.54, 1.807) is 6.26 Å². The Bertz CT molecular complexity index is 393. The SMILES string of the molecule is CS(=O)CCNc1nc[nH]c(=O)c1I. The third kappa shape index (κ3) is 3.37. The van der Waals surface area contributed by atoms with E-state index in [1.807, 2.05) is 22.6 Å². The van der Waals surface area contributed by atoms with Crippen LogP contribution < -0.4 is 10.9 Å². The van der Waals surface area contributed by atoms with Gasteiger partial charge in [0.05, 0.1) is 6.33 Å². The van der Waals surface area contributed by atoms with Crippen molar-refractivity contribution in [2.75, 3.05) is 23.9 Å².